The molecule has 0 unspecified atom stereocenters. The van der Waals surface area contributed by atoms with Crippen molar-refractivity contribution >= 4 is 23.0 Å². The van der Waals surface area contributed by atoms with Crippen molar-refractivity contribution in [2.75, 3.05) is 5.73 Å². The van der Waals surface area contributed by atoms with Gasteiger partial charge in [0.25, 0.3) is 0 Å². The van der Waals surface area contributed by atoms with Crippen molar-refractivity contribution in [2.24, 2.45) is 11.6 Å². The van der Waals surface area contributed by atoms with Crippen LogP contribution in [0.5, 0.6) is 0 Å². The molecule has 0 spiro atoms. The third kappa shape index (κ3) is 2.54. The molecule has 0 aromatic heterocycles. The Morgan fingerprint density at radius 2 is 2.08 bits per heavy atom. The molecule has 0 heterocycles. The van der Waals surface area contributed by atoms with Crippen molar-refractivity contribution in [3.63, 3.8) is 0 Å². The van der Waals surface area contributed by atoms with Gasteiger partial charge >= 0.3 is 0 Å². The molecule has 0 amide bonds. The fourth-order valence-corrected chi connectivity index (χ4v) is 1.20. The quantitative estimate of drug-likeness (QED) is 0.319. The first-order chi connectivity index (χ1) is 6.13. The van der Waals surface area contributed by atoms with E-state index in [9.17, 15) is 0 Å². The summed E-state index contributed by atoms with van der Waals surface area (Å²) >= 11 is 5.78. The van der Waals surface area contributed by atoms with E-state index in [1.807, 2.05) is 0 Å². The number of anilines is 1. The summed E-state index contributed by atoms with van der Waals surface area (Å²) < 4.78 is 0. The minimum atomic E-state index is 0.483. The molecular weight excluding hydrogens is 188 g/mol. The molecule has 1 rings (SSSR count). The lowest BCUT2D eigenvalue weighted by Gasteiger charge is -2.03. The number of nitrogens with two attached hydrogens (primary N) is 3. The minimum Gasteiger partial charge on any atom is -0.399 e. The number of rotatable bonds is 2. The topological polar surface area (TPSA) is 90.1 Å². The van der Waals surface area contributed by atoms with E-state index in [-0.39, 0.29) is 0 Å². The summed E-state index contributed by atoms with van der Waals surface area (Å²) in [4.78, 5) is 0. The van der Waals surface area contributed by atoms with Gasteiger partial charge in [0.1, 0.15) is 0 Å². The van der Waals surface area contributed by atoms with Crippen molar-refractivity contribution in [3.8, 4) is 0 Å². The Bertz CT molecular complexity index is 315. The molecule has 0 fully saturated rings. The van der Waals surface area contributed by atoms with Crippen LogP contribution in [0.1, 0.15) is 5.56 Å². The Labute approximate surface area is 81.3 Å². The van der Waals surface area contributed by atoms with Crippen LogP contribution in [0.4, 0.5) is 5.69 Å². The van der Waals surface area contributed by atoms with Crippen LogP contribution in [0, 0.1) is 0 Å². The Morgan fingerprint density at radius 3 is 2.62 bits per heavy atom. The highest BCUT2D eigenvalue weighted by Crippen LogP contribution is 2.19. The molecule has 0 saturated heterocycles. The number of hydrogen-bond donors (Lipinski definition) is 4. The first-order valence-electron chi connectivity index (χ1n) is 3.61. The molecule has 4 nitrogen and oxygen atoms in total. The van der Waals surface area contributed by atoms with Crippen LogP contribution >= 0.6 is 11.6 Å². The fraction of sp³-hybridized carbons (Fsp3) is 0. The normalized spacial score (nSPS) is 11.4. The lowest BCUT2D eigenvalue weighted by Crippen LogP contribution is -2.16. The van der Waals surface area contributed by atoms with E-state index in [1.165, 1.54) is 6.20 Å². The average molecular weight is 199 g/mol. The average Bonchev–Trinajstić information content (AvgIpc) is 2.03. The molecule has 0 aliphatic carbocycles. The van der Waals surface area contributed by atoms with Gasteiger partial charge in [-0.25, -0.2) is 0 Å². The number of nitrogen functional groups attached to an aromatic ring is 1. The van der Waals surface area contributed by atoms with Gasteiger partial charge in [-0.05, 0) is 18.2 Å². The first-order valence-corrected chi connectivity index (χ1v) is 3.99. The second-order valence-electron chi connectivity index (χ2n) is 2.54. The predicted molar refractivity (Wildman–Crippen MR) is 55.4 cm³/mol. The summed E-state index contributed by atoms with van der Waals surface area (Å²) in [5, 5.41) is 0.545. The van der Waals surface area contributed by atoms with Gasteiger partial charge in [-0.1, -0.05) is 11.6 Å². The van der Waals surface area contributed by atoms with Gasteiger partial charge in [-0.3, -0.25) is 5.84 Å². The van der Waals surface area contributed by atoms with Gasteiger partial charge in [0, 0.05) is 22.5 Å². The van der Waals surface area contributed by atoms with E-state index in [0.29, 0.717) is 16.4 Å². The van der Waals surface area contributed by atoms with E-state index in [1.54, 1.807) is 18.2 Å². The van der Waals surface area contributed by atoms with E-state index in [2.05, 4.69) is 5.43 Å². The van der Waals surface area contributed by atoms with Crippen LogP contribution in [0.2, 0.25) is 5.02 Å². The molecule has 0 atom stereocenters. The molecule has 0 aliphatic heterocycles. The van der Waals surface area contributed by atoms with Crippen LogP contribution in [0.25, 0.3) is 5.70 Å². The van der Waals surface area contributed by atoms with Crippen LogP contribution < -0.4 is 22.7 Å². The van der Waals surface area contributed by atoms with E-state index in [0.717, 1.165) is 5.56 Å². The van der Waals surface area contributed by atoms with Crippen molar-refractivity contribution in [1.82, 2.24) is 5.43 Å². The van der Waals surface area contributed by atoms with Crippen LogP contribution in [-0.4, -0.2) is 0 Å². The Hall–Kier alpha value is -1.39. The minimum absolute atomic E-state index is 0.483. The Kier molecular flexibility index (Phi) is 3.00. The zero-order valence-corrected chi connectivity index (χ0v) is 7.68. The molecular formula is C8H11ClN4. The second-order valence-corrected chi connectivity index (χ2v) is 2.98. The lowest BCUT2D eigenvalue weighted by atomic mass is 10.1. The summed E-state index contributed by atoms with van der Waals surface area (Å²) in [5.41, 5.74) is 15.3. The highest BCUT2D eigenvalue weighted by Gasteiger charge is 1.99. The first kappa shape index (κ1) is 9.70. The maximum atomic E-state index is 5.78. The zero-order chi connectivity index (χ0) is 9.84. The van der Waals surface area contributed by atoms with Crippen molar-refractivity contribution < 1.29 is 0 Å². The van der Waals surface area contributed by atoms with Crippen molar-refractivity contribution in [3.05, 3.63) is 35.0 Å². The SMILES string of the molecule is NN/C=C(\N)c1cc(N)cc(Cl)c1. The number of halogens is 1. The number of hydrogen-bond acceptors (Lipinski definition) is 4. The molecule has 7 N–H and O–H groups in total. The van der Waals surface area contributed by atoms with Gasteiger partial charge in [0.05, 0.1) is 5.70 Å². The van der Waals surface area contributed by atoms with E-state index >= 15 is 0 Å². The molecule has 13 heavy (non-hydrogen) atoms. The van der Waals surface area contributed by atoms with Gasteiger partial charge in [0.15, 0.2) is 0 Å². The van der Waals surface area contributed by atoms with E-state index < -0.39 is 0 Å². The smallest absolute Gasteiger partial charge is 0.0562 e. The van der Waals surface area contributed by atoms with Crippen LogP contribution in [-0.2, 0) is 0 Å². The summed E-state index contributed by atoms with van der Waals surface area (Å²) in [6.07, 6.45) is 1.46. The molecule has 0 aliphatic rings. The van der Waals surface area contributed by atoms with E-state index in [4.69, 9.17) is 28.9 Å². The maximum Gasteiger partial charge on any atom is 0.0562 e. The van der Waals surface area contributed by atoms with Crippen LogP contribution in [0.3, 0.4) is 0 Å². The molecule has 0 radical (unpaired) electrons. The van der Waals surface area contributed by atoms with Gasteiger partial charge in [-0.15, -0.1) is 0 Å². The molecule has 5 heteroatoms. The maximum absolute atomic E-state index is 5.78. The second kappa shape index (κ2) is 4.02. The molecule has 0 bridgehead atoms. The van der Waals surface area contributed by atoms with Crippen LogP contribution in [0.15, 0.2) is 24.4 Å². The largest absolute Gasteiger partial charge is 0.399 e. The summed E-state index contributed by atoms with van der Waals surface area (Å²) in [7, 11) is 0. The van der Waals surface area contributed by atoms with Crippen molar-refractivity contribution in [2.45, 2.75) is 0 Å². The van der Waals surface area contributed by atoms with Gasteiger partial charge in [-0.2, -0.15) is 0 Å². The molecule has 70 valence electrons. The third-order valence-corrected chi connectivity index (χ3v) is 1.71. The molecule has 0 saturated carbocycles. The summed E-state index contributed by atoms with van der Waals surface area (Å²) in [5.74, 6) is 5.07. The monoisotopic (exact) mass is 198 g/mol. The van der Waals surface area contributed by atoms with Gasteiger partial charge in [0.2, 0.25) is 0 Å². The lowest BCUT2D eigenvalue weighted by molar-refractivity contribution is 0.967. The van der Waals surface area contributed by atoms with Gasteiger partial charge < -0.3 is 16.9 Å². The fourth-order valence-electron chi connectivity index (χ4n) is 0.952. The highest BCUT2D eigenvalue weighted by atomic mass is 35.5. The molecule has 1 aromatic carbocycles. The Morgan fingerprint density at radius 1 is 1.38 bits per heavy atom. The standard InChI is InChI=1S/C8H11ClN4/c9-6-1-5(2-7(10)3-6)8(11)4-13-12/h1-4,13H,10-12H2/b8-4-. The zero-order valence-electron chi connectivity index (χ0n) is 6.92. The Balaban J connectivity index is 3.08. The third-order valence-electron chi connectivity index (χ3n) is 1.49. The number of nitrogens with one attached hydrogen (secondary N) is 1. The highest BCUT2D eigenvalue weighted by molar-refractivity contribution is 6.31. The predicted octanol–water partition coefficient (Wildman–Crippen LogP) is 0.643. The summed E-state index contributed by atoms with van der Waals surface area (Å²) in [6.45, 7) is 0. The summed E-state index contributed by atoms with van der Waals surface area (Å²) in [6, 6.07) is 5.07. The van der Waals surface area contributed by atoms with Crippen molar-refractivity contribution in [1.29, 1.82) is 0 Å². The number of benzene rings is 1. The number of hydrazine groups is 1. The molecule has 1 aromatic rings.